The summed E-state index contributed by atoms with van der Waals surface area (Å²) < 4.78 is 5.42. The van der Waals surface area contributed by atoms with Crippen LogP contribution in [0.25, 0.3) is 17.0 Å². The molecule has 142 valence electrons. The van der Waals surface area contributed by atoms with E-state index in [2.05, 4.69) is 15.3 Å². The molecular formula is C21H19N3O4. The summed E-state index contributed by atoms with van der Waals surface area (Å²) in [5.74, 6) is -0.912. The summed E-state index contributed by atoms with van der Waals surface area (Å²) in [4.78, 5) is 43.3. The number of rotatable bonds is 5. The van der Waals surface area contributed by atoms with Crippen molar-refractivity contribution in [2.75, 3.05) is 0 Å². The van der Waals surface area contributed by atoms with Crippen LogP contribution in [0.3, 0.4) is 0 Å². The molecule has 0 aliphatic carbocycles. The number of benzene rings is 2. The topological polar surface area (TPSA) is 101 Å². The summed E-state index contributed by atoms with van der Waals surface area (Å²) in [6.07, 6.45) is 0.699. The summed E-state index contributed by atoms with van der Waals surface area (Å²) in [7, 11) is 0. The number of nitrogens with one attached hydrogen (secondary N) is 2. The van der Waals surface area contributed by atoms with Gasteiger partial charge in [-0.2, -0.15) is 0 Å². The van der Waals surface area contributed by atoms with Crippen molar-refractivity contribution in [2.45, 2.75) is 20.0 Å². The zero-order chi connectivity index (χ0) is 20.1. The molecule has 2 N–H and O–H groups in total. The van der Waals surface area contributed by atoms with Gasteiger partial charge in [-0.25, -0.2) is 9.78 Å². The molecule has 7 heteroatoms. The number of aromatic nitrogens is 2. The smallest absolute Gasteiger partial charge is 0.355 e. The van der Waals surface area contributed by atoms with Gasteiger partial charge in [0.25, 0.3) is 5.56 Å². The summed E-state index contributed by atoms with van der Waals surface area (Å²) in [6.45, 7) is 2.90. The van der Waals surface area contributed by atoms with Crippen LogP contribution in [0.1, 0.15) is 31.3 Å². The summed E-state index contributed by atoms with van der Waals surface area (Å²) in [5.41, 5.74) is 0.915. The fourth-order valence-electron chi connectivity index (χ4n) is 2.63. The number of H-pyrrole nitrogens is 1. The third kappa shape index (κ3) is 4.50. The Kier molecular flexibility index (Phi) is 5.64. The van der Waals surface area contributed by atoms with Gasteiger partial charge in [0, 0.05) is 6.92 Å². The van der Waals surface area contributed by atoms with Gasteiger partial charge in [-0.3, -0.25) is 9.59 Å². The number of carbonyl (C=O) groups is 2. The highest BCUT2D eigenvalue weighted by Gasteiger charge is 2.19. The first kappa shape index (κ1) is 19.0. The van der Waals surface area contributed by atoms with Gasteiger partial charge in [0.15, 0.2) is 11.9 Å². The largest absolute Gasteiger partial charge is 0.450 e. The first-order valence-electron chi connectivity index (χ1n) is 8.68. The molecule has 3 rings (SSSR count). The van der Waals surface area contributed by atoms with Crippen LogP contribution in [-0.4, -0.2) is 21.8 Å². The SMILES string of the molecule is CC(=O)N/C(=C\c1ccccc1)C(=O)O[C@@H](C)c1nc2ccccc2c(=O)[nH]1. The van der Waals surface area contributed by atoms with E-state index >= 15 is 0 Å². The lowest BCUT2D eigenvalue weighted by atomic mass is 10.2. The highest BCUT2D eigenvalue weighted by molar-refractivity contribution is 5.97. The van der Waals surface area contributed by atoms with E-state index in [0.717, 1.165) is 5.56 Å². The third-order valence-electron chi connectivity index (χ3n) is 3.94. The second-order valence-corrected chi connectivity index (χ2v) is 6.17. The lowest BCUT2D eigenvalue weighted by Crippen LogP contribution is -2.27. The van der Waals surface area contributed by atoms with Crippen molar-refractivity contribution in [3.63, 3.8) is 0 Å². The number of fused-ring (bicyclic) bond motifs is 1. The van der Waals surface area contributed by atoms with Crippen LogP contribution >= 0.6 is 0 Å². The fourth-order valence-corrected chi connectivity index (χ4v) is 2.63. The molecular weight excluding hydrogens is 358 g/mol. The van der Waals surface area contributed by atoms with Crippen LogP contribution in [0, 0.1) is 0 Å². The third-order valence-corrected chi connectivity index (χ3v) is 3.94. The minimum Gasteiger partial charge on any atom is -0.450 e. The van der Waals surface area contributed by atoms with Crippen LogP contribution in [0.2, 0.25) is 0 Å². The van der Waals surface area contributed by atoms with Crippen LogP contribution in [0.15, 0.2) is 65.1 Å². The predicted octanol–water partition coefficient (Wildman–Crippen LogP) is 2.70. The highest BCUT2D eigenvalue weighted by Crippen LogP contribution is 2.16. The number of ether oxygens (including phenoxy) is 1. The molecule has 0 saturated heterocycles. The maximum absolute atomic E-state index is 12.6. The molecule has 1 aromatic heterocycles. The van der Waals surface area contributed by atoms with Gasteiger partial charge in [0.2, 0.25) is 5.91 Å². The number of aromatic amines is 1. The van der Waals surface area contributed by atoms with Crippen molar-refractivity contribution < 1.29 is 14.3 Å². The molecule has 1 amide bonds. The van der Waals surface area contributed by atoms with Gasteiger partial charge in [-0.05, 0) is 30.7 Å². The van der Waals surface area contributed by atoms with Gasteiger partial charge >= 0.3 is 5.97 Å². The number of carbonyl (C=O) groups excluding carboxylic acids is 2. The van der Waals surface area contributed by atoms with Gasteiger partial charge in [0.05, 0.1) is 10.9 Å². The van der Waals surface area contributed by atoms with Gasteiger partial charge in [0.1, 0.15) is 5.70 Å². The number of nitrogens with zero attached hydrogens (tertiary/aromatic N) is 1. The van der Waals surface area contributed by atoms with Crippen molar-refractivity contribution in [1.82, 2.24) is 15.3 Å². The Morgan fingerprint density at radius 3 is 2.50 bits per heavy atom. The maximum atomic E-state index is 12.6. The number of para-hydroxylation sites is 1. The van der Waals surface area contributed by atoms with Gasteiger partial charge in [-0.15, -0.1) is 0 Å². The molecule has 0 bridgehead atoms. The van der Waals surface area contributed by atoms with Crippen molar-refractivity contribution in [3.8, 4) is 0 Å². The monoisotopic (exact) mass is 377 g/mol. The first-order valence-corrected chi connectivity index (χ1v) is 8.68. The van der Waals surface area contributed by atoms with E-state index in [1.54, 1.807) is 43.3 Å². The fraction of sp³-hybridized carbons (Fsp3) is 0.143. The van der Waals surface area contributed by atoms with E-state index in [0.29, 0.717) is 10.9 Å². The Morgan fingerprint density at radius 2 is 1.79 bits per heavy atom. The molecule has 0 saturated carbocycles. The first-order chi connectivity index (χ1) is 13.4. The minimum absolute atomic E-state index is 0.00585. The molecule has 0 unspecified atom stereocenters. The molecule has 0 aliphatic heterocycles. The Balaban J connectivity index is 1.86. The van der Waals surface area contributed by atoms with E-state index in [1.165, 1.54) is 13.0 Å². The molecule has 0 aliphatic rings. The maximum Gasteiger partial charge on any atom is 0.355 e. The Bertz CT molecular complexity index is 1100. The van der Waals surface area contributed by atoms with Crippen molar-refractivity contribution >= 4 is 28.9 Å². The lowest BCUT2D eigenvalue weighted by molar-refractivity contribution is -0.145. The summed E-state index contributed by atoms with van der Waals surface area (Å²) in [6, 6.07) is 16.0. The average molecular weight is 377 g/mol. The molecule has 7 nitrogen and oxygen atoms in total. The Hall–Kier alpha value is -3.74. The molecule has 3 aromatic rings. The quantitative estimate of drug-likeness (QED) is 0.526. The van der Waals surface area contributed by atoms with Crippen LogP contribution in [0.5, 0.6) is 0 Å². The highest BCUT2D eigenvalue weighted by atomic mass is 16.5. The molecule has 0 spiro atoms. The van der Waals surface area contributed by atoms with Crippen LogP contribution < -0.4 is 10.9 Å². The van der Waals surface area contributed by atoms with Crippen LogP contribution in [0.4, 0.5) is 0 Å². The van der Waals surface area contributed by atoms with E-state index in [-0.39, 0.29) is 17.1 Å². The van der Waals surface area contributed by atoms with Crippen LogP contribution in [-0.2, 0) is 14.3 Å². The molecule has 28 heavy (non-hydrogen) atoms. The van der Waals surface area contributed by atoms with E-state index in [1.807, 2.05) is 18.2 Å². The summed E-state index contributed by atoms with van der Waals surface area (Å²) >= 11 is 0. The van der Waals surface area contributed by atoms with E-state index < -0.39 is 18.0 Å². The van der Waals surface area contributed by atoms with Crippen molar-refractivity contribution in [1.29, 1.82) is 0 Å². The molecule has 1 heterocycles. The minimum atomic E-state index is -0.822. The molecule has 0 radical (unpaired) electrons. The zero-order valence-corrected chi connectivity index (χ0v) is 15.4. The van der Waals surface area contributed by atoms with Crippen molar-refractivity contribution in [2.24, 2.45) is 0 Å². The molecule has 0 fully saturated rings. The number of amides is 1. The Labute approximate surface area is 161 Å². The van der Waals surface area contributed by atoms with E-state index in [9.17, 15) is 14.4 Å². The van der Waals surface area contributed by atoms with Gasteiger partial charge in [-0.1, -0.05) is 42.5 Å². The molecule has 2 aromatic carbocycles. The Morgan fingerprint density at radius 1 is 1.11 bits per heavy atom. The van der Waals surface area contributed by atoms with Crippen molar-refractivity contribution in [3.05, 3.63) is 82.0 Å². The van der Waals surface area contributed by atoms with E-state index in [4.69, 9.17) is 4.74 Å². The van der Waals surface area contributed by atoms with Gasteiger partial charge < -0.3 is 15.0 Å². The average Bonchev–Trinajstić information content (AvgIpc) is 2.68. The second kappa shape index (κ2) is 8.30. The second-order valence-electron chi connectivity index (χ2n) is 6.17. The summed E-state index contributed by atoms with van der Waals surface area (Å²) in [5, 5.41) is 2.93. The number of hydrogen-bond acceptors (Lipinski definition) is 5. The number of hydrogen-bond donors (Lipinski definition) is 2. The predicted molar refractivity (Wildman–Crippen MR) is 105 cm³/mol. The molecule has 1 atom stereocenters. The normalized spacial score (nSPS) is 12.4. The lowest BCUT2D eigenvalue weighted by Gasteiger charge is -2.15. The zero-order valence-electron chi connectivity index (χ0n) is 15.4. The number of esters is 1. The standard InChI is InChI=1S/C21H19N3O4/c1-13(19-23-17-11-7-6-10-16(17)20(26)24-19)28-21(27)18(22-14(2)25)12-15-8-4-3-5-9-15/h3-13H,1-2H3,(H,22,25)(H,23,24,26)/b18-12-/t13-/m0/s1.